The third-order valence-corrected chi connectivity index (χ3v) is 4.92. The molecule has 1 N–H and O–H groups in total. The Hall–Kier alpha value is -3.58. The normalized spacial score (nSPS) is 10.4. The fourth-order valence-electron chi connectivity index (χ4n) is 3.17. The number of esters is 2. The van der Waals surface area contributed by atoms with Crippen LogP contribution < -0.4 is 9.47 Å². The molecule has 2 aromatic rings. The molecule has 0 aliphatic carbocycles. The summed E-state index contributed by atoms with van der Waals surface area (Å²) in [5, 5.41) is 9.09. The molecule has 0 spiro atoms. The molecule has 0 aliphatic rings. The Morgan fingerprint density at radius 2 is 1.31 bits per heavy atom. The van der Waals surface area contributed by atoms with E-state index in [0.29, 0.717) is 29.1 Å². The molecule has 7 heteroatoms. The summed E-state index contributed by atoms with van der Waals surface area (Å²) in [7, 11) is 0. The second-order valence-corrected chi connectivity index (χ2v) is 8.19. The van der Waals surface area contributed by atoms with Crippen LogP contribution in [0.4, 0.5) is 0 Å². The van der Waals surface area contributed by atoms with Crippen LogP contribution in [-0.2, 0) is 25.5 Å². The van der Waals surface area contributed by atoms with Gasteiger partial charge < -0.3 is 24.1 Å². The van der Waals surface area contributed by atoms with Crippen molar-refractivity contribution >= 4 is 11.9 Å². The third kappa shape index (κ3) is 8.94. The van der Waals surface area contributed by atoms with Gasteiger partial charge in [0.05, 0.1) is 5.56 Å². The number of carbonyl (C=O) groups excluding carboxylic acids is 2. The summed E-state index contributed by atoms with van der Waals surface area (Å²) >= 11 is 0. The van der Waals surface area contributed by atoms with Gasteiger partial charge in [-0.1, -0.05) is 37.4 Å². The van der Waals surface area contributed by atoms with Crippen molar-refractivity contribution in [3.8, 4) is 22.6 Å². The Balaban J connectivity index is 2.26. The third-order valence-electron chi connectivity index (χ3n) is 4.92. The Morgan fingerprint density at radius 3 is 1.74 bits per heavy atom. The average molecular weight is 483 g/mol. The first kappa shape index (κ1) is 27.7. The van der Waals surface area contributed by atoms with Crippen molar-refractivity contribution in [3.05, 3.63) is 71.8 Å². The van der Waals surface area contributed by atoms with Gasteiger partial charge in [-0.25, -0.2) is 9.59 Å². The van der Waals surface area contributed by atoms with Gasteiger partial charge in [-0.15, -0.1) is 0 Å². The number of ether oxygens (including phenoxy) is 4. The van der Waals surface area contributed by atoms with E-state index in [1.165, 1.54) is 0 Å². The molecule has 0 atom stereocenters. The van der Waals surface area contributed by atoms with E-state index in [9.17, 15) is 9.59 Å². The van der Waals surface area contributed by atoms with Gasteiger partial charge in [-0.2, -0.15) is 0 Å². The summed E-state index contributed by atoms with van der Waals surface area (Å²) < 4.78 is 22.3. The summed E-state index contributed by atoms with van der Waals surface area (Å²) in [4.78, 5) is 23.3. The van der Waals surface area contributed by atoms with Gasteiger partial charge in [0.1, 0.15) is 37.9 Å². The first-order chi connectivity index (χ1) is 16.7. The summed E-state index contributed by atoms with van der Waals surface area (Å²) in [5.41, 5.74) is 4.29. The zero-order valence-corrected chi connectivity index (χ0v) is 20.7. The molecule has 0 saturated heterocycles. The van der Waals surface area contributed by atoms with E-state index < -0.39 is 11.9 Å². The maximum atomic E-state index is 11.6. The molecule has 35 heavy (non-hydrogen) atoms. The lowest BCUT2D eigenvalue weighted by atomic mass is 9.99. The van der Waals surface area contributed by atoms with E-state index in [0.717, 1.165) is 28.7 Å². The molecule has 0 aliphatic heterocycles. The Morgan fingerprint density at radius 1 is 0.829 bits per heavy atom. The number of aryl methyl sites for hydroxylation is 2. The quantitative estimate of drug-likeness (QED) is 0.239. The number of carbonyl (C=O) groups is 2. The van der Waals surface area contributed by atoms with Crippen molar-refractivity contribution in [2.75, 3.05) is 33.0 Å². The highest BCUT2D eigenvalue weighted by Crippen LogP contribution is 2.40. The summed E-state index contributed by atoms with van der Waals surface area (Å²) in [6.07, 6.45) is 1.47. The van der Waals surface area contributed by atoms with Crippen molar-refractivity contribution in [2.45, 2.75) is 33.6 Å². The largest absolute Gasteiger partial charge is 0.489 e. The van der Waals surface area contributed by atoms with Crippen LogP contribution in [0.2, 0.25) is 0 Å². The molecule has 0 aromatic heterocycles. The van der Waals surface area contributed by atoms with Gasteiger partial charge in [0.2, 0.25) is 0 Å². The smallest absolute Gasteiger partial charge is 0.333 e. The highest BCUT2D eigenvalue weighted by Gasteiger charge is 2.16. The SMILES string of the molecule is C=C(C)C(=O)OCCOc1cc(C)cc(OCCOC(=O)C(=C)C)c1-c1ccc(CCCO)cc1. The van der Waals surface area contributed by atoms with Crippen LogP contribution in [-0.4, -0.2) is 50.1 Å². The molecule has 2 rings (SSSR count). The molecule has 7 nitrogen and oxygen atoms in total. The molecule has 0 radical (unpaired) electrons. The fraction of sp³-hybridized carbons (Fsp3) is 0.357. The van der Waals surface area contributed by atoms with Gasteiger partial charge in [-0.05, 0) is 62.4 Å². The molecule has 0 fully saturated rings. The molecule has 0 saturated carbocycles. The molecule has 0 amide bonds. The van der Waals surface area contributed by atoms with Crippen LogP contribution in [0, 0.1) is 6.92 Å². The van der Waals surface area contributed by atoms with E-state index >= 15 is 0 Å². The van der Waals surface area contributed by atoms with Crippen LogP contribution in [0.15, 0.2) is 60.7 Å². The van der Waals surface area contributed by atoms with Crippen LogP contribution in [0.25, 0.3) is 11.1 Å². The van der Waals surface area contributed by atoms with Gasteiger partial charge in [0.15, 0.2) is 0 Å². The lowest BCUT2D eigenvalue weighted by Gasteiger charge is -2.18. The molecule has 0 heterocycles. The highest BCUT2D eigenvalue weighted by molar-refractivity contribution is 5.87. The number of hydrogen-bond acceptors (Lipinski definition) is 7. The van der Waals surface area contributed by atoms with E-state index in [-0.39, 0.29) is 33.0 Å². The maximum absolute atomic E-state index is 11.6. The Kier molecular flexibility index (Phi) is 11.0. The number of rotatable bonds is 14. The minimum absolute atomic E-state index is 0.0756. The van der Waals surface area contributed by atoms with Crippen LogP contribution in [0.1, 0.15) is 31.4 Å². The van der Waals surface area contributed by atoms with Crippen molar-refractivity contribution in [1.29, 1.82) is 0 Å². The van der Waals surface area contributed by atoms with Gasteiger partial charge in [-0.3, -0.25) is 0 Å². The zero-order valence-electron chi connectivity index (χ0n) is 20.7. The first-order valence-corrected chi connectivity index (χ1v) is 11.5. The summed E-state index contributed by atoms with van der Waals surface area (Å²) in [6, 6.07) is 11.7. The van der Waals surface area contributed by atoms with E-state index in [1.807, 2.05) is 43.3 Å². The first-order valence-electron chi connectivity index (χ1n) is 11.5. The topological polar surface area (TPSA) is 91.3 Å². The fourth-order valence-corrected chi connectivity index (χ4v) is 3.17. The number of hydrogen-bond donors (Lipinski definition) is 1. The standard InChI is InChI=1S/C28H34O7/c1-19(2)27(30)34-15-13-32-24-17-21(5)18-25(33-14-16-35-28(31)20(3)4)26(24)23-10-8-22(9-11-23)7-6-12-29/h8-11,17-18,29H,1,3,6-7,12-16H2,2,4-5H3. The summed E-state index contributed by atoms with van der Waals surface area (Å²) in [6.45, 7) is 12.8. The molecule has 0 bridgehead atoms. The lowest BCUT2D eigenvalue weighted by molar-refractivity contribution is -0.140. The molecule has 188 valence electrons. The van der Waals surface area contributed by atoms with E-state index in [1.54, 1.807) is 13.8 Å². The van der Waals surface area contributed by atoms with Gasteiger partial charge in [0, 0.05) is 17.8 Å². The van der Waals surface area contributed by atoms with Crippen molar-refractivity contribution < 1.29 is 33.6 Å². The number of benzene rings is 2. The average Bonchev–Trinajstić information content (AvgIpc) is 2.83. The monoisotopic (exact) mass is 482 g/mol. The van der Waals surface area contributed by atoms with Crippen molar-refractivity contribution in [3.63, 3.8) is 0 Å². The maximum Gasteiger partial charge on any atom is 0.333 e. The number of aliphatic hydroxyl groups excluding tert-OH is 1. The predicted octanol–water partition coefficient (Wildman–Crippen LogP) is 4.58. The minimum atomic E-state index is -0.468. The molecular weight excluding hydrogens is 448 g/mol. The summed E-state index contributed by atoms with van der Waals surface area (Å²) in [5.74, 6) is 0.219. The van der Waals surface area contributed by atoms with Crippen LogP contribution in [0.3, 0.4) is 0 Å². The van der Waals surface area contributed by atoms with Gasteiger partial charge in [0.25, 0.3) is 0 Å². The molecular formula is C28H34O7. The van der Waals surface area contributed by atoms with E-state index in [2.05, 4.69) is 13.2 Å². The zero-order chi connectivity index (χ0) is 25.8. The Labute approximate surface area is 207 Å². The van der Waals surface area contributed by atoms with E-state index in [4.69, 9.17) is 24.1 Å². The van der Waals surface area contributed by atoms with Gasteiger partial charge >= 0.3 is 11.9 Å². The number of aliphatic hydroxyl groups is 1. The highest BCUT2D eigenvalue weighted by atomic mass is 16.6. The van der Waals surface area contributed by atoms with Crippen LogP contribution in [0.5, 0.6) is 11.5 Å². The minimum Gasteiger partial charge on any atom is -0.489 e. The molecule has 2 aromatic carbocycles. The Bertz CT molecular complexity index is 983. The predicted molar refractivity (Wildman–Crippen MR) is 135 cm³/mol. The van der Waals surface area contributed by atoms with Crippen LogP contribution >= 0.6 is 0 Å². The van der Waals surface area contributed by atoms with Crippen molar-refractivity contribution in [1.82, 2.24) is 0 Å². The molecule has 0 unspecified atom stereocenters. The second kappa shape index (κ2) is 14.0. The second-order valence-electron chi connectivity index (χ2n) is 8.19. The lowest BCUT2D eigenvalue weighted by Crippen LogP contribution is -2.14. The van der Waals surface area contributed by atoms with Crippen molar-refractivity contribution in [2.24, 2.45) is 0 Å².